The van der Waals surface area contributed by atoms with Crippen LogP contribution in [0.4, 0.5) is 0 Å². The normalized spacial score (nSPS) is 17.9. The average molecular weight is 357 g/mol. The number of nitrogens with zero attached hydrogens (tertiary/aromatic N) is 1. The molecule has 136 valence electrons. The van der Waals surface area contributed by atoms with Gasteiger partial charge in [-0.15, -0.1) is 0 Å². The number of rotatable bonds is 3. The predicted molar refractivity (Wildman–Crippen MR) is 111 cm³/mol. The summed E-state index contributed by atoms with van der Waals surface area (Å²) in [5.74, 6) is 0. The second kappa shape index (κ2) is 6.63. The van der Waals surface area contributed by atoms with Crippen LogP contribution in [0.3, 0.4) is 0 Å². The largest absolute Gasteiger partial charge is 0.494 e. The number of pyridine rings is 1. The van der Waals surface area contributed by atoms with Crippen LogP contribution in [0.5, 0.6) is 0 Å². The molecule has 0 N–H and O–H groups in total. The molecule has 27 heavy (non-hydrogen) atoms. The molecular weight excluding hydrogens is 333 g/mol. The van der Waals surface area contributed by atoms with Crippen molar-refractivity contribution < 1.29 is 9.31 Å². The minimum absolute atomic E-state index is 0.369. The van der Waals surface area contributed by atoms with Gasteiger partial charge in [0.15, 0.2) is 0 Å². The Bertz CT molecular complexity index is 865. The van der Waals surface area contributed by atoms with E-state index < -0.39 is 7.12 Å². The molecule has 4 heteroatoms. The van der Waals surface area contributed by atoms with Crippen molar-refractivity contribution in [2.75, 3.05) is 0 Å². The number of aromatic nitrogens is 1. The molecule has 3 nitrogen and oxygen atoms in total. The Kier molecular flexibility index (Phi) is 4.41. The number of benzene rings is 2. The third-order valence-electron chi connectivity index (χ3n) is 5.55. The Hall–Kier alpha value is -2.43. The summed E-state index contributed by atoms with van der Waals surface area (Å²) >= 11 is 0. The van der Waals surface area contributed by atoms with Gasteiger partial charge in [-0.1, -0.05) is 48.5 Å². The molecule has 1 aromatic heterocycles. The summed E-state index contributed by atoms with van der Waals surface area (Å²) in [7, 11) is -0.402. The van der Waals surface area contributed by atoms with E-state index in [0.29, 0.717) is 0 Å². The topological polar surface area (TPSA) is 31.4 Å². The summed E-state index contributed by atoms with van der Waals surface area (Å²) in [6.07, 6.45) is 1.82. The van der Waals surface area contributed by atoms with Gasteiger partial charge in [-0.3, -0.25) is 4.98 Å². The van der Waals surface area contributed by atoms with Crippen molar-refractivity contribution >= 4 is 12.6 Å². The molecule has 1 saturated heterocycles. The smallest absolute Gasteiger partial charge is 0.399 e. The Balaban J connectivity index is 1.82. The van der Waals surface area contributed by atoms with Crippen molar-refractivity contribution in [2.24, 2.45) is 0 Å². The first-order chi connectivity index (χ1) is 12.9. The molecule has 0 amide bonds. The first kappa shape index (κ1) is 18.0. The van der Waals surface area contributed by atoms with Crippen LogP contribution in [0.15, 0.2) is 72.9 Å². The Morgan fingerprint density at radius 2 is 1.33 bits per heavy atom. The molecule has 0 unspecified atom stereocenters. The summed E-state index contributed by atoms with van der Waals surface area (Å²) in [5, 5.41) is 0. The highest BCUT2D eigenvalue weighted by atomic mass is 16.7. The molecule has 0 spiro atoms. The van der Waals surface area contributed by atoms with Gasteiger partial charge in [-0.2, -0.15) is 0 Å². The minimum atomic E-state index is -0.402. The van der Waals surface area contributed by atoms with Crippen LogP contribution >= 0.6 is 0 Å². The zero-order valence-electron chi connectivity index (χ0n) is 16.3. The van der Waals surface area contributed by atoms with Crippen molar-refractivity contribution in [3.8, 4) is 22.4 Å². The number of hydrogen-bond donors (Lipinski definition) is 0. The molecule has 1 aliphatic rings. The Morgan fingerprint density at radius 3 is 1.96 bits per heavy atom. The summed E-state index contributed by atoms with van der Waals surface area (Å²) < 4.78 is 12.6. The van der Waals surface area contributed by atoms with E-state index in [1.165, 1.54) is 0 Å². The van der Waals surface area contributed by atoms with Gasteiger partial charge in [-0.25, -0.2) is 0 Å². The van der Waals surface area contributed by atoms with E-state index in [9.17, 15) is 0 Å². The van der Waals surface area contributed by atoms with Gasteiger partial charge in [0.2, 0.25) is 0 Å². The fraction of sp³-hybridized carbons (Fsp3) is 0.261. The molecule has 0 saturated carbocycles. The third kappa shape index (κ3) is 3.43. The lowest BCUT2D eigenvalue weighted by Crippen LogP contribution is -2.41. The van der Waals surface area contributed by atoms with Gasteiger partial charge in [0.1, 0.15) is 0 Å². The Morgan fingerprint density at radius 1 is 0.704 bits per heavy atom. The summed E-state index contributed by atoms with van der Waals surface area (Å²) in [4.78, 5) is 4.53. The molecule has 1 fully saturated rings. The SMILES string of the molecule is CC1(C)OB(c2cc(-c3ccccc3)cc(-c3ccccn3)c2)OC1(C)C. The van der Waals surface area contributed by atoms with E-state index in [1.54, 1.807) is 0 Å². The van der Waals surface area contributed by atoms with Crippen LogP contribution < -0.4 is 5.46 Å². The van der Waals surface area contributed by atoms with Crippen LogP contribution in [-0.2, 0) is 9.31 Å². The van der Waals surface area contributed by atoms with E-state index in [-0.39, 0.29) is 11.2 Å². The lowest BCUT2D eigenvalue weighted by molar-refractivity contribution is 0.00578. The zero-order valence-corrected chi connectivity index (χ0v) is 16.3. The molecule has 1 aliphatic heterocycles. The van der Waals surface area contributed by atoms with Crippen LogP contribution in [-0.4, -0.2) is 23.3 Å². The van der Waals surface area contributed by atoms with Crippen LogP contribution in [0, 0.1) is 0 Å². The van der Waals surface area contributed by atoms with Crippen molar-refractivity contribution in [1.82, 2.24) is 4.98 Å². The molecule has 0 aliphatic carbocycles. The standard InChI is InChI=1S/C23H24BNO2/c1-22(2)23(3,4)27-24(26-22)20-15-18(17-10-6-5-7-11-17)14-19(16-20)21-12-8-9-13-25-21/h5-16H,1-4H3. The van der Waals surface area contributed by atoms with Crippen molar-refractivity contribution in [3.63, 3.8) is 0 Å². The first-order valence-corrected chi connectivity index (χ1v) is 9.33. The fourth-order valence-electron chi connectivity index (χ4n) is 3.25. The van der Waals surface area contributed by atoms with Crippen molar-refractivity contribution in [2.45, 2.75) is 38.9 Å². The molecule has 2 heterocycles. The van der Waals surface area contributed by atoms with Crippen LogP contribution in [0.2, 0.25) is 0 Å². The van der Waals surface area contributed by atoms with E-state index in [0.717, 1.165) is 27.8 Å². The molecule has 0 atom stereocenters. The lowest BCUT2D eigenvalue weighted by atomic mass is 9.76. The Labute approximate surface area is 161 Å². The molecule has 0 radical (unpaired) electrons. The van der Waals surface area contributed by atoms with Gasteiger partial charge >= 0.3 is 7.12 Å². The van der Waals surface area contributed by atoms with E-state index >= 15 is 0 Å². The van der Waals surface area contributed by atoms with Gasteiger partial charge in [-0.05, 0) is 62.5 Å². The van der Waals surface area contributed by atoms with E-state index in [2.05, 4.69) is 75.1 Å². The monoisotopic (exact) mass is 357 g/mol. The molecule has 4 rings (SSSR count). The van der Waals surface area contributed by atoms with E-state index in [4.69, 9.17) is 9.31 Å². The fourth-order valence-corrected chi connectivity index (χ4v) is 3.25. The second-order valence-electron chi connectivity index (χ2n) is 8.01. The summed E-state index contributed by atoms with van der Waals surface area (Å²) in [6, 6.07) is 22.8. The molecule has 0 bridgehead atoms. The average Bonchev–Trinajstić information content (AvgIpc) is 2.90. The maximum Gasteiger partial charge on any atom is 0.494 e. The van der Waals surface area contributed by atoms with Gasteiger partial charge in [0.05, 0.1) is 16.9 Å². The predicted octanol–water partition coefficient (Wildman–Crippen LogP) is 4.71. The first-order valence-electron chi connectivity index (χ1n) is 9.33. The maximum atomic E-state index is 6.29. The van der Waals surface area contributed by atoms with Gasteiger partial charge < -0.3 is 9.31 Å². The lowest BCUT2D eigenvalue weighted by Gasteiger charge is -2.32. The highest BCUT2D eigenvalue weighted by Crippen LogP contribution is 2.37. The van der Waals surface area contributed by atoms with Gasteiger partial charge in [0.25, 0.3) is 0 Å². The van der Waals surface area contributed by atoms with Gasteiger partial charge in [0, 0.05) is 11.8 Å². The zero-order chi connectivity index (χ0) is 19.1. The molecular formula is C23H24BNO2. The third-order valence-corrected chi connectivity index (χ3v) is 5.55. The van der Waals surface area contributed by atoms with Crippen molar-refractivity contribution in [1.29, 1.82) is 0 Å². The summed E-state index contributed by atoms with van der Waals surface area (Å²) in [5.41, 5.74) is 4.55. The minimum Gasteiger partial charge on any atom is -0.399 e. The van der Waals surface area contributed by atoms with Crippen LogP contribution in [0.25, 0.3) is 22.4 Å². The maximum absolute atomic E-state index is 6.29. The van der Waals surface area contributed by atoms with E-state index in [1.807, 2.05) is 30.5 Å². The summed E-state index contributed by atoms with van der Waals surface area (Å²) in [6.45, 7) is 8.31. The van der Waals surface area contributed by atoms with Crippen LogP contribution in [0.1, 0.15) is 27.7 Å². The highest BCUT2D eigenvalue weighted by Gasteiger charge is 2.51. The molecule has 3 aromatic rings. The molecule has 2 aromatic carbocycles. The quantitative estimate of drug-likeness (QED) is 0.636. The number of hydrogen-bond acceptors (Lipinski definition) is 3. The van der Waals surface area contributed by atoms with Crippen molar-refractivity contribution in [3.05, 3.63) is 72.9 Å². The highest BCUT2D eigenvalue weighted by molar-refractivity contribution is 6.62. The second-order valence-corrected chi connectivity index (χ2v) is 8.01.